The summed E-state index contributed by atoms with van der Waals surface area (Å²) in [5.41, 5.74) is 1.42. The molecule has 2 fully saturated rings. The summed E-state index contributed by atoms with van der Waals surface area (Å²) in [4.78, 5) is 70.0. The van der Waals surface area contributed by atoms with E-state index in [9.17, 15) is 19.2 Å². The summed E-state index contributed by atoms with van der Waals surface area (Å²) in [5.74, 6) is 0.710. The van der Waals surface area contributed by atoms with Crippen LogP contribution < -0.4 is 10.6 Å². The zero-order valence-corrected chi connectivity index (χ0v) is 25.1. The molecule has 0 bridgehead atoms. The first kappa shape index (κ1) is 30.8. The molecule has 0 aromatic carbocycles. The van der Waals surface area contributed by atoms with Crippen LogP contribution in [0.1, 0.15) is 77.1 Å². The number of hydrogen-bond donors (Lipinski definition) is 4. The fourth-order valence-corrected chi connectivity index (χ4v) is 5.67. The molecule has 4 N–H and O–H groups in total. The van der Waals surface area contributed by atoms with E-state index in [0.717, 1.165) is 25.7 Å². The van der Waals surface area contributed by atoms with Crippen molar-refractivity contribution in [3.63, 3.8) is 0 Å². The van der Waals surface area contributed by atoms with E-state index in [1.165, 1.54) is 14.2 Å². The normalized spacial score (nSPS) is 20.1. The molecule has 0 radical (unpaired) electrons. The highest BCUT2D eigenvalue weighted by Gasteiger charge is 2.39. The zero-order valence-electron chi connectivity index (χ0n) is 25.1. The van der Waals surface area contributed by atoms with Gasteiger partial charge in [0.2, 0.25) is 11.8 Å². The van der Waals surface area contributed by atoms with Crippen molar-refractivity contribution in [2.75, 3.05) is 27.3 Å². The van der Waals surface area contributed by atoms with Crippen molar-refractivity contribution in [3.8, 4) is 11.4 Å². The second kappa shape index (κ2) is 13.3. The van der Waals surface area contributed by atoms with Gasteiger partial charge in [-0.1, -0.05) is 27.7 Å². The van der Waals surface area contributed by atoms with Gasteiger partial charge in [0.15, 0.2) is 0 Å². The van der Waals surface area contributed by atoms with Crippen LogP contribution in [0.4, 0.5) is 9.59 Å². The van der Waals surface area contributed by atoms with Crippen LogP contribution in [-0.2, 0) is 19.1 Å². The number of H-pyrrole nitrogens is 2. The number of aromatic amines is 2. The predicted molar refractivity (Wildman–Crippen MR) is 152 cm³/mol. The lowest BCUT2D eigenvalue weighted by Gasteiger charge is -2.30. The van der Waals surface area contributed by atoms with Crippen molar-refractivity contribution < 1.29 is 28.7 Å². The molecule has 2 aromatic rings. The molecule has 230 valence electrons. The Morgan fingerprint density at radius 2 is 1.14 bits per heavy atom. The number of aromatic nitrogens is 4. The van der Waals surface area contributed by atoms with Crippen molar-refractivity contribution in [2.45, 2.75) is 77.5 Å². The molecule has 4 atom stereocenters. The molecule has 42 heavy (non-hydrogen) atoms. The molecular formula is C28H42N8O6. The highest BCUT2D eigenvalue weighted by molar-refractivity contribution is 5.87. The average molecular weight is 587 g/mol. The van der Waals surface area contributed by atoms with E-state index >= 15 is 0 Å². The Kier molecular flexibility index (Phi) is 9.74. The number of methoxy groups -OCH3 is 2. The molecule has 4 rings (SSSR count). The Hall–Kier alpha value is -4.10. The number of carbonyl (C=O) groups is 4. The van der Waals surface area contributed by atoms with Crippen LogP contribution in [-0.4, -0.2) is 93.1 Å². The van der Waals surface area contributed by atoms with Crippen molar-refractivity contribution in [1.82, 2.24) is 40.4 Å². The first-order valence-corrected chi connectivity index (χ1v) is 14.5. The van der Waals surface area contributed by atoms with Crippen LogP contribution in [0.25, 0.3) is 11.4 Å². The smallest absolute Gasteiger partial charge is 0.407 e. The molecule has 0 unspecified atom stereocenters. The van der Waals surface area contributed by atoms with Gasteiger partial charge in [0.1, 0.15) is 23.7 Å². The van der Waals surface area contributed by atoms with Gasteiger partial charge in [-0.15, -0.1) is 0 Å². The summed E-state index contributed by atoms with van der Waals surface area (Å²) in [7, 11) is 2.54. The number of nitrogens with zero attached hydrogens (tertiary/aromatic N) is 4. The number of hydrogen-bond acceptors (Lipinski definition) is 8. The number of nitrogens with one attached hydrogen (secondary N) is 4. The highest BCUT2D eigenvalue weighted by atomic mass is 16.5. The van der Waals surface area contributed by atoms with Gasteiger partial charge >= 0.3 is 12.2 Å². The zero-order chi connectivity index (χ0) is 30.6. The number of alkyl carbamates (subject to hydrolysis) is 2. The van der Waals surface area contributed by atoms with Crippen molar-refractivity contribution in [2.24, 2.45) is 11.8 Å². The molecular weight excluding hydrogens is 544 g/mol. The quantitative estimate of drug-likeness (QED) is 0.347. The molecule has 2 aliphatic rings. The Morgan fingerprint density at radius 1 is 0.762 bits per heavy atom. The number of carbonyl (C=O) groups excluding carboxylic acids is 4. The van der Waals surface area contributed by atoms with Gasteiger partial charge in [0, 0.05) is 13.1 Å². The van der Waals surface area contributed by atoms with Crippen LogP contribution in [0.2, 0.25) is 0 Å². The third-order valence-corrected chi connectivity index (χ3v) is 7.97. The van der Waals surface area contributed by atoms with Gasteiger partial charge in [0.25, 0.3) is 0 Å². The lowest BCUT2D eigenvalue weighted by atomic mass is 10.0. The van der Waals surface area contributed by atoms with E-state index < -0.39 is 24.3 Å². The number of ether oxygens (including phenoxy) is 2. The Balaban J connectivity index is 1.49. The lowest BCUT2D eigenvalue weighted by molar-refractivity contribution is -0.136. The van der Waals surface area contributed by atoms with E-state index in [1.807, 2.05) is 27.7 Å². The Morgan fingerprint density at radius 3 is 1.48 bits per heavy atom. The molecule has 14 nitrogen and oxygen atoms in total. The van der Waals surface area contributed by atoms with Crippen LogP contribution >= 0.6 is 0 Å². The van der Waals surface area contributed by atoms with Gasteiger partial charge < -0.3 is 39.9 Å². The molecule has 0 aliphatic carbocycles. The van der Waals surface area contributed by atoms with Crippen molar-refractivity contribution >= 4 is 24.0 Å². The molecule has 4 heterocycles. The standard InChI is InChI=1S/C28H42N8O6/c1-15(2)21(33-27(39)41-5)25(37)35-11-7-9-19(35)23-29-13-17(31-23)18-14-30-24(32-18)20-10-8-12-36(20)26(38)22(16(3)4)34-28(40)42-6/h13-16,19-22H,7-12H2,1-6H3,(H,29,31)(H,30,32)(H,33,39)(H,34,40)/t19-,20-,21-,22-/m1/s1. The van der Waals surface area contributed by atoms with Crippen molar-refractivity contribution in [3.05, 3.63) is 24.0 Å². The molecule has 0 spiro atoms. The molecule has 4 amide bonds. The third kappa shape index (κ3) is 6.52. The molecule has 2 saturated heterocycles. The van der Waals surface area contributed by atoms with Gasteiger partial charge in [-0.05, 0) is 37.5 Å². The van der Waals surface area contributed by atoms with Crippen LogP contribution in [0.5, 0.6) is 0 Å². The van der Waals surface area contributed by atoms with E-state index in [1.54, 1.807) is 22.2 Å². The third-order valence-electron chi connectivity index (χ3n) is 7.97. The first-order valence-electron chi connectivity index (χ1n) is 14.5. The maximum atomic E-state index is 13.4. The van der Waals surface area contributed by atoms with Crippen molar-refractivity contribution in [1.29, 1.82) is 0 Å². The molecule has 0 saturated carbocycles. The summed E-state index contributed by atoms with van der Waals surface area (Å²) >= 11 is 0. The molecule has 2 aliphatic heterocycles. The highest BCUT2D eigenvalue weighted by Crippen LogP contribution is 2.34. The number of imidazole rings is 2. The largest absolute Gasteiger partial charge is 0.453 e. The summed E-state index contributed by atoms with van der Waals surface area (Å²) in [5, 5.41) is 5.32. The van der Waals surface area contributed by atoms with Gasteiger partial charge in [-0.3, -0.25) is 9.59 Å². The fraction of sp³-hybridized carbons (Fsp3) is 0.643. The van der Waals surface area contributed by atoms with E-state index in [4.69, 9.17) is 9.47 Å². The summed E-state index contributed by atoms with van der Waals surface area (Å²) < 4.78 is 9.43. The van der Waals surface area contributed by atoms with E-state index in [-0.39, 0.29) is 35.7 Å². The maximum Gasteiger partial charge on any atom is 0.407 e. The lowest BCUT2D eigenvalue weighted by Crippen LogP contribution is -2.51. The van der Waals surface area contributed by atoms with Crippen LogP contribution in [0.3, 0.4) is 0 Å². The van der Waals surface area contributed by atoms with Gasteiger partial charge in [0.05, 0.1) is 50.1 Å². The van der Waals surface area contributed by atoms with Crippen LogP contribution in [0.15, 0.2) is 12.4 Å². The minimum Gasteiger partial charge on any atom is -0.453 e. The minimum absolute atomic E-state index is 0.123. The molecule has 14 heteroatoms. The minimum atomic E-state index is -0.710. The van der Waals surface area contributed by atoms with E-state index in [2.05, 4.69) is 30.6 Å². The van der Waals surface area contributed by atoms with E-state index in [0.29, 0.717) is 36.1 Å². The first-order chi connectivity index (χ1) is 20.0. The number of amides is 4. The molecule has 2 aromatic heterocycles. The monoisotopic (exact) mass is 586 g/mol. The number of rotatable bonds is 9. The summed E-state index contributed by atoms with van der Waals surface area (Å²) in [6.45, 7) is 8.63. The Labute approximate surface area is 245 Å². The predicted octanol–water partition coefficient (Wildman–Crippen LogP) is 2.89. The Bertz CT molecular complexity index is 1180. The topological polar surface area (TPSA) is 175 Å². The van der Waals surface area contributed by atoms with Crippen LogP contribution in [0, 0.1) is 11.8 Å². The maximum absolute atomic E-state index is 13.4. The summed E-state index contributed by atoms with van der Waals surface area (Å²) in [6, 6.07) is -1.93. The average Bonchev–Trinajstić information content (AvgIpc) is 3.78. The van der Waals surface area contributed by atoms with Gasteiger partial charge in [-0.25, -0.2) is 19.6 Å². The fourth-order valence-electron chi connectivity index (χ4n) is 5.67. The number of likely N-dealkylation sites (tertiary alicyclic amines) is 2. The SMILES string of the molecule is COC(=O)N[C@@H](C(=O)N1CCC[C@@H]1c1ncc(-c2cnc([C@H]3CCCN3C(=O)[C@H](NC(=O)OC)C(C)C)[nH]2)[nH]1)C(C)C. The summed E-state index contributed by atoms with van der Waals surface area (Å²) in [6.07, 6.45) is 5.23. The second-order valence-corrected chi connectivity index (χ2v) is 11.5. The second-order valence-electron chi connectivity index (χ2n) is 11.5. The van der Waals surface area contributed by atoms with Gasteiger partial charge in [-0.2, -0.15) is 0 Å².